The maximum Gasteiger partial charge on any atom is 0.257 e. The summed E-state index contributed by atoms with van der Waals surface area (Å²) in [6.07, 6.45) is 2.89. The molecule has 1 atom stereocenters. The zero-order chi connectivity index (χ0) is 17.9. The predicted octanol–water partition coefficient (Wildman–Crippen LogP) is 1.11. The quantitative estimate of drug-likeness (QED) is 0.897. The third kappa shape index (κ3) is 4.15. The van der Waals surface area contributed by atoms with E-state index < -0.39 is 11.5 Å². The van der Waals surface area contributed by atoms with Crippen LogP contribution in [0.1, 0.15) is 38.1 Å². The number of hydrogen-bond acceptors (Lipinski definition) is 4. The topological polar surface area (TPSA) is 82.9 Å². The number of furan rings is 1. The van der Waals surface area contributed by atoms with Gasteiger partial charge in [0.25, 0.3) is 5.91 Å². The molecule has 1 aromatic heterocycles. The molecule has 0 aliphatic carbocycles. The summed E-state index contributed by atoms with van der Waals surface area (Å²) >= 11 is 0. The van der Waals surface area contributed by atoms with Gasteiger partial charge in [-0.3, -0.25) is 14.4 Å². The van der Waals surface area contributed by atoms with Crippen molar-refractivity contribution in [1.82, 2.24) is 15.1 Å². The number of rotatable bonds is 3. The fourth-order valence-electron chi connectivity index (χ4n) is 2.45. The minimum absolute atomic E-state index is 0.0927. The highest BCUT2D eigenvalue weighted by Crippen LogP contribution is 2.14. The van der Waals surface area contributed by atoms with Crippen molar-refractivity contribution < 1.29 is 18.8 Å². The van der Waals surface area contributed by atoms with Crippen LogP contribution in [0, 0.1) is 5.41 Å². The molecule has 7 heteroatoms. The fraction of sp³-hybridized carbons (Fsp3) is 0.588. The van der Waals surface area contributed by atoms with Crippen LogP contribution in [-0.2, 0) is 9.59 Å². The van der Waals surface area contributed by atoms with Crippen molar-refractivity contribution in [2.24, 2.45) is 5.41 Å². The molecule has 24 heavy (non-hydrogen) atoms. The van der Waals surface area contributed by atoms with E-state index in [0.717, 1.165) is 0 Å². The van der Waals surface area contributed by atoms with Gasteiger partial charge >= 0.3 is 0 Å². The first kappa shape index (κ1) is 18.0. The molecule has 2 rings (SSSR count). The van der Waals surface area contributed by atoms with E-state index in [1.54, 1.807) is 43.6 Å². The van der Waals surface area contributed by atoms with Gasteiger partial charge in [-0.1, -0.05) is 20.8 Å². The lowest BCUT2D eigenvalue weighted by Gasteiger charge is -2.36. The summed E-state index contributed by atoms with van der Waals surface area (Å²) in [7, 11) is 0. The molecule has 7 nitrogen and oxygen atoms in total. The minimum Gasteiger partial charge on any atom is -0.472 e. The smallest absolute Gasteiger partial charge is 0.257 e. The summed E-state index contributed by atoms with van der Waals surface area (Å²) in [5.41, 5.74) is -0.0230. The Morgan fingerprint density at radius 2 is 1.71 bits per heavy atom. The van der Waals surface area contributed by atoms with Crippen molar-refractivity contribution in [3.63, 3.8) is 0 Å². The number of carbonyl (C=O) groups is 3. The van der Waals surface area contributed by atoms with Crippen molar-refractivity contribution in [2.75, 3.05) is 26.2 Å². The Morgan fingerprint density at radius 3 is 2.21 bits per heavy atom. The number of amides is 3. The lowest BCUT2D eigenvalue weighted by molar-refractivity contribution is -0.139. The van der Waals surface area contributed by atoms with Gasteiger partial charge in [0, 0.05) is 31.6 Å². The van der Waals surface area contributed by atoms with Gasteiger partial charge in [0.2, 0.25) is 11.8 Å². The lowest BCUT2D eigenvalue weighted by atomic mass is 9.95. The number of nitrogens with zero attached hydrogens (tertiary/aromatic N) is 2. The molecule has 0 bridgehead atoms. The highest BCUT2D eigenvalue weighted by atomic mass is 16.3. The Kier molecular flexibility index (Phi) is 5.31. The van der Waals surface area contributed by atoms with E-state index >= 15 is 0 Å². The number of carbonyl (C=O) groups excluding carboxylic acids is 3. The van der Waals surface area contributed by atoms with Crippen LogP contribution in [0.15, 0.2) is 23.0 Å². The van der Waals surface area contributed by atoms with Crippen LogP contribution in [0.4, 0.5) is 0 Å². The van der Waals surface area contributed by atoms with Gasteiger partial charge in [0.05, 0.1) is 11.8 Å². The van der Waals surface area contributed by atoms with E-state index in [4.69, 9.17) is 4.42 Å². The average Bonchev–Trinajstić information content (AvgIpc) is 3.07. The second-order valence-corrected chi connectivity index (χ2v) is 7.07. The van der Waals surface area contributed by atoms with Crippen molar-refractivity contribution in [3.05, 3.63) is 24.2 Å². The van der Waals surface area contributed by atoms with Crippen LogP contribution < -0.4 is 5.32 Å². The Hall–Kier alpha value is -2.31. The highest BCUT2D eigenvalue weighted by Gasteiger charge is 2.30. The van der Waals surface area contributed by atoms with Gasteiger partial charge in [0.1, 0.15) is 12.3 Å². The molecule has 1 N–H and O–H groups in total. The molecular weight excluding hydrogens is 310 g/mol. The largest absolute Gasteiger partial charge is 0.472 e. The third-order valence-corrected chi connectivity index (χ3v) is 4.05. The van der Waals surface area contributed by atoms with Crippen molar-refractivity contribution in [3.8, 4) is 0 Å². The van der Waals surface area contributed by atoms with Gasteiger partial charge in [-0.2, -0.15) is 0 Å². The Balaban J connectivity index is 1.86. The molecule has 1 aliphatic heterocycles. The Morgan fingerprint density at radius 1 is 1.12 bits per heavy atom. The van der Waals surface area contributed by atoms with E-state index in [1.165, 1.54) is 12.5 Å². The average molecular weight is 335 g/mol. The van der Waals surface area contributed by atoms with Gasteiger partial charge in [-0.15, -0.1) is 0 Å². The second-order valence-electron chi connectivity index (χ2n) is 7.07. The third-order valence-electron chi connectivity index (χ3n) is 4.05. The molecule has 0 aromatic carbocycles. The molecule has 1 saturated heterocycles. The highest BCUT2D eigenvalue weighted by molar-refractivity contribution is 5.94. The SMILES string of the molecule is CC(NC(=O)C(C)(C)C)C(=O)N1CCN(C(=O)c2ccoc2)CC1. The first-order chi connectivity index (χ1) is 11.2. The van der Waals surface area contributed by atoms with Crippen LogP contribution in [-0.4, -0.2) is 59.7 Å². The standard InChI is InChI=1S/C17H25N3O4/c1-12(18-16(23)17(2,3)4)14(21)19-6-8-20(9-7-19)15(22)13-5-10-24-11-13/h5,10-12H,6-9H2,1-4H3,(H,18,23). The Labute approximate surface area is 142 Å². The van der Waals surface area contributed by atoms with Gasteiger partial charge in [-0.05, 0) is 13.0 Å². The maximum atomic E-state index is 12.5. The monoisotopic (exact) mass is 335 g/mol. The summed E-state index contributed by atoms with van der Waals surface area (Å²) in [5, 5.41) is 2.75. The van der Waals surface area contributed by atoms with E-state index in [1.807, 2.05) is 0 Å². The molecule has 0 spiro atoms. The number of nitrogens with one attached hydrogen (secondary N) is 1. The fourth-order valence-corrected chi connectivity index (χ4v) is 2.45. The van der Waals surface area contributed by atoms with E-state index in [2.05, 4.69) is 5.32 Å². The summed E-state index contributed by atoms with van der Waals surface area (Å²) in [6, 6.07) is 1.05. The lowest BCUT2D eigenvalue weighted by Crippen LogP contribution is -2.55. The second kappa shape index (κ2) is 7.07. The zero-order valence-corrected chi connectivity index (χ0v) is 14.7. The van der Waals surface area contributed by atoms with Crippen LogP contribution in [0.3, 0.4) is 0 Å². The summed E-state index contributed by atoms with van der Waals surface area (Å²) in [6.45, 7) is 8.95. The van der Waals surface area contributed by atoms with Crippen LogP contribution in [0.2, 0.25) is 0 Å². The minimum atomic E-state index is -0.576. The number of piperazine rings is 1. The molecule has 1 aliphatic rings. The molecule has 0 saturated carbocycles. The van der Waals surface area contributed by atoms with Crippen molar-refractivity contribution in [2.45, 2.75) is 33.7 Å². The molecule has 132 valence electrons. The Bertz CT molecular complexity index is 596. The number of hydrogen-bond donors (Lipinski definition) is 1. The van der Waals surface area contributed by atoms with Crippen LogP contribution >= 0.6 is 0 Å². The van der Waals surface area contributed by atoms with Gasteiger partial charge in [0.15, 0.2) is 0 Å². The maximum absolute atomic E-state index is 12.5. The molecule has 1 aromatic rings. The molecule has 3 amide bonds. The van der Waals surface area contributed by atoms with Gasteiger partial charge < -0.3 is 19.5 Å². The van der Waals surface area contributed by atoms with E-state index in [-0.39, 0.29) is 17.7 Å². The van der Waals surface area contributed by atoms with Crippen LogP contribution in [0.5, 0.6) is 0 Å². The van der Waals surface area contributed by atoms with Crippen molar-refractivity contribution in [1.29, 1.82) is 0 Å². The summed E-state index contributed by atoms with van der Waals surface area (Å²) in [5.74, 6) is -0.370. The van der Waals surface area contributed by atoms with Crippen molar-refractivity contribution >= 4 is 17.7 Å². The molecular formula is C17H25N3O4. The molecule has 0 radical (unpaired) electrons. The summed E-state index contributed by atoms with van der Waals surface area (Å²) < 4.78 is 4.93. The first-order valence-electron chi connectivity index (χ1n) is 8.11. The zero-order valence-electron chi connectivity index (χ0n) is 14.7. The summed E-state index contributed by atoms with van der Waals surface area (Å²) in [4.78, 5) is 40.1. The van der Waals surface area contributed by atoms with Crippen LogP contribution in [0.25, 0.3) is 0 Å². The molecule has 1 unspecified atom stereocenters. The van der Waals surface area contributed by atoms with E-state index in [9.17, 15) is 14.4 Å². The predicted molar refractivity (Wildman–Crippen MR) is 88.3 cm³/mol. The normalized spacial score (nSPS) is 16.7. The molecule has 1 fully saturated rings. The van der Waals surface area contributed by atoms with Gasteiger partial charge in [-0.25, -0.2) is 0 Å². The van der Waals surface area contributed by atoms with E-state index in [0.29, 0.717) is 31.7 Å². The molecule has 2 heterocycles. The first-order valence-corrected chi connectivity index (χ1v) is 8.11.